The number of nitrogens with one attached hydrogen (secondary N) is 1. The maximum Gasteiger partial charge on any atom is 0.337 e. The topological polar surface area (TPSA) is 111 Å². The number of carboxylic acids is 1. The number of para-hydroxylation sites is 1. The van der Waals surface area contributed by atoms with Crippen LogP contribution in [-0.4, -0.2) is 46.3 Å². The summed E-state index contributed by atoms with van der Waals surface area (Å²) in [5, 5.41) is 22.6. The van der Waals surface area contributed by atoms with Gasteiger partial charge in [-0.3, -0.25) is 0 Å². The lowest BCUT2D eigenvalue weighted by Gasteiger charge is -2.47. The Morgan fingerprint density at radius 1 is 1.28 bits per heavy atom. The van der Waals surface area contributed by atoms with Crippen LogP contribution in [0.3, 0.4) is 0 Å². The van der Waals surface area contributed by atoms with Crippen molar-refractivity contribution in [3.63, 3.8) is 0 Å². The number of aromatic carboxylic acids is 1. The summed E-state index contributed by atoms with van der Waals surface area (Å²) in [5.41, 5.74) is 4.31. The normalized spacial score (nSPS) is 20.3. The van der Waals surface area contributed by atoms with E-state index in [-0.39, 0.29) is 23.8 Å². The van der Waals surface area contributed by atoms with E-state index >= 15 is 0 Å². The summed E-state index contributed by atoms with van der Waals surface area (Å²) in [4.78, 5) is 23.3. The van der Waals surface area contributed by atoms with Crippen molar-refractivity contribution < 1.29 is 14.6 Å². The minimum Gasteiger partial charge on any atom is -0.478 e. The predicted octanol–water partition coefficient (Wildman–Crippen LogP) is 3.66. The van der Waals surface area contributed by atoms with E-state index in [4.69, 9.17) is 9.72 Å². The van der Waals surface area contributed by atoms with Gasteiger partial charge in [-0.1, -0.05) is 18.2 Å². The van der Waals surface area contributed by atoms with E-state index in [1.54, 1.807) is 24.3 Å². The van der Waals surface area contributed by atoms with Gasteiger partial charge in [0.15, 0.2) is 11.5 Å². The lowest BCUT2D eigenvalue weighted by molar-refractivity contribution is -0.133. The van der Waals surface area contributed by atoms with Crippen molar-refractivity contribution in [1.82, 2.24) is 9.97 Å². The molecule has 3 aromatic rings. The van der Waals surface area contributed by atoms with Crippen LogP contribution in [0.2, 0.25) is 0 Å². The van der Waals surface area contributed by atoms with Gasteiger partial charge in [-0.05, 0) is 37.6 Å². The maximum atomic E-state index is 11.6. The van der Waals surface area contributed by atoms with Crippen molar-refractivity contribution in [3.05, 3.63) is 58.8 Å². The van der Waals surface area contributed by atoms with E-state index in [0.29, 0.717) is 41.3 Å². The molecule has 162 valence electrons. The van der Waals surface area contributed by atoms with E-state index in [9.17, 15) is 15.2 Å². The van der Waals surface area contributed by atoms with Gasteiger partial charge in [0.25, 0.3) is 0 Å². The number of carbonyl (C=O) groups is 1. The van der Waals surface area contributed by atoms with Crippen LogP contribution in [-0.2, 0) is 4.74 Å². The largest absolute Gasteiger partial charge is 0.478 e. The molecule has 0 spiro atoms. The zero-order valence-electron chi connectivity index (χ0n) is 17.9. The minimum absolute atomic E-state index is 0.184. The molecule has 32 heavy (non-hydrogen) atoms. The van der Waals surface area contributed by atoms with E-state index in [1.807, 2.05) is 26.0 Å². The Hall–Kier alpha value is -3.70. The van der Waals surface area contributed by atoms with Gasteiger partial charge in [0, 0.05) is 30.8 Å². The van der Waals surface area contributed by atoms with Crippen molar-refractivity contribution in [1.29, 1.82) is 5.26 Å². The number of carboxylic acid groups (broad SMARTS) is 1. The Labute approximate surface area is 185 Å². The molecule has 3 saturated heterocycles. The highest BCUT2D eigenvalue weighted by Gasteiger charge is 2.39. The lowest BCUT2D eigenvalue weighted by Crippen LogP contribution is -2.57. The number of morpholine rings is 1. The highest BCUT2D eigenvalue weighted by atomic mass is 16.5. The molecule has 0 saturated carbocycles. The number of rotatable bonds is 5. The molecule has 3 aliphatic rings. The molecule has 3 atom stereocenters. The van der Waals surface area contributed by atoms with E-state index < -0.39 is 5.97 Å². The number of ether oxygens (including phenoxy) is 1. The Kier molecular flexibility index (Phi) is 4.91. The first-order valence-corrected chi connectivity index (χ1v) is 10.6. The molecule has 4 heterocycles. The van der Waals surface area contributed by atoms with Crippen LogP contribution in [0.4, 0.5) is 11.5 Å². The third-order valence-electron chi connectivity index (χ3n) is 6.09. The van der Waals surface area contributed by atoms with Crippen molar-refractivity contribution in [2.24, 2.45) is 0 Å². The quantitative estimate of drug-likeness (QED) is 0.632. The molecule has 2 unspecified atom stereocenters. The van der Waals surface area contributed by atoms with Crippen LogP contribution in [0.15, 0.2) is 36.4 Å². The number of aromatic nitrogens is 2. The fourth-order valence-electron chi connectivity index (χ4n) is 4.58. The first-order valence-electron chi connectivity index (χ1n) is 10.6. The molecule has 3 aliphatic heterocycles. The third-order valence-corrected chi connectivity index (χ3v) is 6.09. The number of aryl methyl sites for hydroxylation is 1. The van der Waals surface area contributed by atoms with Crippen molar-refractivity contribution in [2.75, 3.05) is 23.3 Å². The van der Waals surface area contributed by atoms with E-state index in [0.717, 1.165) is 17.5 Å². The number of nitrogens with zero attached hydrogens (tertiary/aromatic N) is 4. The summed E-state index contributed by atoms with van der Waals surface area (Å²) in [7, 11) is 0. The van der Waals surface area contributed by atoms with Crippen molar-refractivity contribution >= 4 is 28.5 Å². The minimum atomic E-state index is -0.985. The van der Waals surface area contributed by atoms with Crippen LogP contribution in [0.1, 0.15) is 46.6 Å². The molecule has 8 heteroatoms. The van der Waals surface area contributed by atoms with Crippen molar-refractivity contribution in [3.8, 4) is 6.07 Å². The maximum absolute atomic E-state index is 11.6. The van der Waals surface area contributed by atoms with Gasteiger partial charge in [0.05, 0.1) is 34.8 Å². The first-order chi connectivity index (χ1) is 15.4. The summed E-state index contributed by atoms with van der Waals surface area (Å²) in [6, 6.07) is 12.8. The number of hydrogen-bond acceptors (Lipinski definition) is 7. The third kappa shape index (κ3) is 3.51. The Bertz CT molecular complexity index is 1250. The van der Waals surface area contributed by atoms with Gasteiger partial charge < -0.3 is 20.1 Å². The summed E-state index contributed by atoms with van der Waals surface area (Å²) in [6.45, 7) is 5.34. The number of hydrogen-bond donors (Lipinski definition) is 2. The molecule has 3 fully saturated rings. The zero-order chi connectivity index (χ0) is 22.4. The molecule has 2 bridgehead atoms. The summed E-state index contributed by atoms with van der Waals surface area (Å²) in [6.07, 6.45) is 1.42. The fraction of sp³-hybridized carbons (Fsp3) is 0.333. The van der Waals surface area contributed by atoms with E-state index in [1.165, 1.54) is 0 Å². The van der Waals surface area contributed by atoms with E-state index in [2.05, 4.69) is 21.3 Å². The summed E-state index contributed by atoms with van der Waals surface area (Å²) >= 11 is 0. The number of benzene rings is 2. The smallest absolute Gasteiger partial charge is 0.337 e. The molecule has 6 rings (SSSR count). The fourth-order valence-corrected chi connectivity index (χ4v) is 4.58. The average Bonchev–Trinajstić information content (AvgIpc) is 2.77. The van der Waals surface area contributed by atoms with Gasteiger partial charge in [-0.2, -0.15) is 5.26 Å². The van der Waals surface area contributed by atoms with Gasteiger partial charge >= 0.3 is 5.97 Å². The molecule has 2 aromatic carbocycles. The second-order valence-electron chi connectivity index (χ2n) is 8.47. The SMILES string of the molecule is Cc1cc([C@@H](C)Nc2ccccc2C(=O)O)c2nc(N3CC4CC(C3)O4)c(C#N)nc2c1. The standard InChI is InChI=1S/C24H23N5O3/c1-13-7-18(14(2)26-19-6-4-3-5-17(19)24(30)31)22-20(8-13)27-21(10-25)23(28-22)29-11-15-9-16(12-29)32-15/h3-8,14-16,26H,9,11-12H2,1-2H3,(H,30,31)/t14-,15?,16?/m1/s1. The summed E-state index contributed by atoms with van der Waals surface area (Å²) in [5.74, 6) is -0.401. The van der Waals surface area contributed by atoms with Crippen LogP contribution >= 0.6 is 0 Å². The zero-order valence-corrected chi connectivity index (χ0v) is 17.9. The van der Waals surface area contributed by atoms with Gasteiger partial charge in [-0.15, -0.1) is 0 Å². The van der Waals surface area contributed by atoms with Gasteiger partial charge in [0.1, 0.15) is 6.07 Å². The van der Waals surface area contributed by atoms with Gasteiger partial charge in [-0.25, -0.2) is 14.8 Å². The average molecular weight is 429 g/mol. The van der Waals surface area contributed by atoms with Gasteiger partial charge in [0.2, 0.25) is 0 Å². The molecule has 1 aromatic heterocycles. The van der Waals surface area contributed by atoms with Crippen LogP contribution in [0, 0.1) is 18.3 Å². The molecule has 2 N–H and O–H groups in total. The number of piperidine rings is 1. The number of anilines is 2. The predicted molar refractivity (Wildman–Crippen MR) is 120 cm³/mol. The molecular formula is C24H23N5O3. The summed E-state index contributed by atoms with van der Waals surface area (Å²) < 4.78 is 5.73. The molecule has 0 radical (unpaired) electrons. The number of nitriles is 1. The monoisotopic (exact) mass is 429 g/mol. The van der Waals surface area contributed by atoms with Crippen LogP contribution in [0.25, 0.3) is 11.0 Å². The molecule has 0 amide bonds. The molecular weight excluding hydrogens is 406 g/mol. The van der Waals surface area contributed by atoms with Crippen molar-refractivity contribution in [2.45, 2.75) is 38.5 Å². The Morgan fingerprint density at radius 3 is 2.69 bits per heavy atom. The second kappa shape index (κ2) is 7.77. The lowest BCUT2D eigenvalue weighted by atomic mass is 9.98. The Balaban J connectivity index is 1.57. The Morgan fingerprint density at radius 2 is 2.00 bits per heavy atom. The molecule has 0 aliphatic carbocycles. The second-order valence-corrected chi connectivity index (χ2v) is 8.47. The highest BCUT2D eigenvalue weighted by Crippen LogP contribution is 2.34. The van der Waals surface area contributed by atoms with Crippen LogP contribution < -0.4 is 10.2 Å². The highest BCUT2D eigenvalue weighted by molar-refractivity contribution is 5.94. The van der Waals surface area contributed by atoms with Crippen LogP contribution in [0.5, 0.6) is 0 Å². The molecule has 8 nitrogen and oxygen atoms in total. The number of fused-ring (bicyclic) bond motifs is 3. The first kappa shape index (κ1) is 20.2.